The molecule has 0 fully saturated rings. The van der Waals surface area contributed by atoms with Crippen LogP contribution in [0.15, 0.2) is 48.5 Å². The number of carbonyl (C=O) groups is 1. The van der Waals surface area contributed by atoms with E-state index in [9.17, 15) is 4.79 Å². The molecule has 1 N–H and O–H groups in total. The zero-order chi connectivity index (χ0) is 19.2. The molecule has 5 nitrogen and oxygen atoms in total. The lowest BCUT2D eigenvalue weighted by atomic mass is 10.1. The highest BCUT2D eigenvalue weighted by atomic mass is 16.5. The third-order valence-corrected chi connectivity index (χ3v) is 4.46. The van der Waals surface area contributed by atoms with Crippen LogP contribution in [0.3, 0.4) is 0 Å². The standard InChI is InChI=1S/C22H27N3O2/c1-4-27-18-11-9-17(10-12-18)15-22(26)23-14-13-21-24-19-7-5-6-8-20(19)25(21)16(2)3/h5-12,16H,4,13-15H2,1-3H3,(H,23,26). The van der Waals surface area contributed by atoms with Gasteiger partial charge in [0.25, 0.3) is 0 Å². The van der Waals surface area contributed by atoms with Crippen molar-refractivity contribution in [3.05, 3.63) is 59.9 Å². The molecule has 0 saturated heterocycles. The number of nitrogens with one attached hydrogen (secondary N) is 1. The fraction of sp³-hybridized carbons (Fsp3) is 0.364. The van der Waals surface area contributed by atoms with E-state index in [1.54, 1.807) is 0 Å². The number of hydrogen-bond donors (Lipinski definition) is 1. The molecule has 5 heteroatoms. The first kappa shape index (κ1) is 19.0. The lowest BCUT2D eigenvalue weighted by Gasteiger charge is -2.13. The minimum absolute atomic E-state index is 0.0198. The van der Waals surface area contributed by atoms with Crippen LogP contribution in [0.4, 0.5) is 0 Å². The largest absolute Gasteiger partial charge is 0.494 e. The average Bonchev–Trinajstić information content (AvgIpc) is 3.02. The Balaban J connectivity index is 1.57. The summed E-state index contributed by atoms with van der Waals surface area (Å²) in [5.74, 6) is 1.85. The zero-order valence-corrected chi connectivity index (χ0v) is 16.2. The van der Waals surface area contributed by atoms with Crippen LogP contribution in [0.5, 0.6) is 5.75 Å². The van der Waals surface area contributed by atoms with Gasteiger partial charge in [-0.25, -0.2) is 4.98 Å². The quantitative estimate of drug-likeness (QED) is 0.658. The summed E-state index contributed by atoms with van der Waals surface area (Å²) in [5.41, 5.74) is 3.12. The van der Waals surface area contributed by atoms with Crippen LogP contribution in [0.1, 0.15) is 38.2 Å². The zero-order valence-electron chi connectivity index (χ0n) is 16.2. The molecule has 0 unspecified atom stereocenters. The molecule has 0 aliphatic rings. The molecule has 0 spiro atoms. The van der Waals surface area contributed by atoms with Crippen molar-refractivity contribution in [1.29, 1.82) is 0 Å². The Morgan fingerprint density at radius 2 is 1.89 bits per heavy atom. The van der Waals surface area contributed by atoms with Crippen LogP contribution in [0, 0.1) is 0 Å². The van der Waals surface area contributed by atoms with E-state index in [2.05, 4.69) is 29.8 Å². The number of amides is 1. The van der Waals surface area contributed by atoms with Gasteiger partial charge in [-0.15, -0.1) is 0 Å². The molecule has 142 valence electrons. The lowest BCUT2D eigenvalue weighted by Crippen LogP contribution is -2.28. The summed E-state index contributed by atoms with van der Waals surface area (Å²) in [5, 5.41) is 3.01. The van der Waals surface area contributed by atoms with E-state index < -0.39 is 0 Å². The Morgan fingerprint density at radius 1 is 1.15 bits per heavy atom. The molecule has 1 heterocycles. The van der Waals surface area contributed by atoms with Crippen molar-refractivity contribution in [2.24, 2.45) is 0 Å². The van der Waals surface area contributed by atoms with Gasteiger partial charge in [-0.2, -0.15) is 0 Å². The molecule has 0 saturated carbocycles. The van der Waals surface area contributed by atoms with Crippen LogP contribution < -0.4 is 10.1 Å². The van der Waals surface area contributed by atoms with Gasteiger partial charge in [-0.05, 0) is 50.6 Å². The first-order valence-corrected chi connectivity index (χ1v) is 9.52. The number of nitrogens with zero attached hydrogens (tertiary/aromatic N) is 2. The Labute approximate surface area is 160 Å². The van der Waals surface area contributed by atoms with E-state index >= 15 is 0 Å². The van der Waals surface area contributed by atoms with Crippen molar-refractivity contribution in [2.45, 2.75) is 39.7 Å². The second-order valence-electron chi connectivity index (χ2n) is 6.83. The molecule has 0 aliphatic carbocycles. The first-order chi connectivity index (χ1) is 13.1. The highest BCUT2D eigenvalue weighted by Gasteiger charge is 2.13. The molecule has 27 heavy (non-hydrogen) atoms. The Kier molecular flexibility index (Phi) is 6.12. The summed E-state index contributed by atoms with van der Waals surface area (Å²) < 4.78 is 7.67. The summed E-state index contributed by atoms with van der Waals surface area (Å²) in [4.78, 5) is 17.0. The number of ether oxygens (including phenoxy) is 1. The van der Waals surface area contributed by atoms with Crippen LogP contribution in [0.2, 0.25) is 0 Å². The van der Waals surface area contributed by atoms with Crippen LogP contribution in [0.25, 0.3) is 11.0 Å². The molecule has 1 aromatic heterocycles. The molecular formula is C22H27N3O2. The highest BCUT2D eigenvalue weighted by Crippen LogP contribution is 2.21. The minimum atomic E-state index is 0.0198. The SMILES string of the molecule is CCOc1ccc(CC(=O)NCCc2nc3ccccc3n2C(C)C)cc1. The average molecular weight is 365 g/mol. The van der Waals surface area contributed by atoms with Crippen molar-refractivity contribution < 1.29 is 9.53 Å². The fourth-order valence-corrected chi connectivity index (χ4v) is 3.28. The number of fused-ring (bicyclic) bond motifs is 1. The highest BCUT2D eigenvalue weighted by molar-refractivity contribution is 5.78. The van der Waals surface area contributed by atoms with Crippen molar-refractivity contribution in [3.8, 4) is 5.75 Å². The van der Waals surface area contributed by atoms with Crippen LogP contribution in [-0.4, -0.2) is 28.6 Å². The maximum absolute atomic E-state index is 12.2. The summed E-state index contributed by atoms with van der Waals surface area (Å²) in [7, 11) is 0. The molecule has 3 aromatic rings. The van der Waals surface area contributed by atoms with Crippen molar-refractivity contribution in [2.75, 3.05) is 13.2 Å². The predicted octanol–water partition coefficient (Wildman–Crippen LogP) is 3.92. The summed E-state index contributed by atoms with van der Waals surface area (Å²) >= 11 is 0. The molecule has 0 atom stereocenters. The topological polar surface area (TPSA) is 56.1 Å². The molecule has 2 aromatic carbocycles. The normalized spacial score (nSPS) is 11.1. The smallest absolute Gasteiger partial charge is 0.224 e. The number of carbonyl (C=O) groups excluding carboxylic acids is 1. The molecule has 3 rings (SSSR count). The van der Waals surface area contributed by atoms with Gasteiger partial charge < -0.3 is 14.6 Å². The van der Waals surface area contributed by atoms with Gasteiger partial charge in [0, 0.05) is 19.0 Å². The maximum Gasteiger partial charge on any atom is 0.224 e. The molecule has 0 bridgehead atoms. The van der Waals surface area contributed by atoms with Gasteiger partial charge in [0.05, 0.1) is 24.1 Å². The van der Waals surface area contributed by atoms with Crippen LogP contribution >= 0.6 is 0 Å². The van der Waals surface area contributed by atoms with Crippen molar-refractivity contribution >= 4 is 16.9 Å². The fourth-order valence-electron chi connectivity index (χ4n) is 3.28. The Hall–Kier alpha value is -2.82. The van der Waals surface area contributed by atoms with Gasteiger partial charge in [0.2, 0.25) is 5.91 Å². The third-order valence-electron chi connectivity index (χ3n) is 4.46. The van der Waals surface area contributed by atoms with E-state index in [0.717, 1.165) is 28.2 Å². The number of aromatic nitrogens is 2. The van der Waals surface area contributed by atoms with E-state index in [-0.39, 0.29) is 5.91 Å². The lowest BCUT2D eigenvalue weighted by molar-refractivity contribution is -0.120. The van der Waals surface area contributed by atoms with E-state index in [4.69, 9.17) is 9.72 Å². The number of benzene rings is 2. The molecule has 0 aliphatic heterocycles. The maximum atomic E-state index is 12.2. The number of imidazole rings is 1. The van der Waals surface area contributed by atoms with E-state index in [1.165, 1.54) is 0 Å². The van der Waals surface area contributed by atoms with Gasteiger partial charge in [0.1, 0.15) is 11.6 Å². The monoisotopic (exact) mass is 365 g/mol. The third kappa shape index (κ3) is 4.67. The second kappa shape index (κ2) is 8.71. The van der Waals surface area contributed by atoms with Crippen molar-refractivity contribution in [3.63, 3.8) is 0 Å². The van der Waals surface area contributed by atoms with Gasteiger partial charge >= 0.3 is 0 Å². The van der Waals surface area contributed by atoms with Crippen molar-refractivity contribution in [1.82, 2.24) is 14.9 Å². The Morgan fingerprint density at radius 3 is 2.59 bits per heavy atom. The summed E-state index contributed by atoms with van der Waals surface area (Å²) in [6, 6.07) is 16.2. The second-order valence-corrected chi connectivity index (χ2v) is 6.83. The first-order valence-electron chi connectivity index (χ1n) is 9.52. The van der Waals surface area contributed by atoms with E-state index in [1.807, 2.05) is 49.4 Å². The van der Waals surface area contributed by atoms with Crippen LogP contribution in [-0.2, 0) is 17.6 Å². The minimum Gasteiger partial charge on any atom is -0.494 e. The number of hydrogen-bond acceptors (Lipinski definition) is 3. The Bertz CT molecular complexity index is 898. The summed E-state index contributed by atoms with van der Waals surface area (Å²) in [6.45, 7) is 7.48. The molecule has 0 radical (unpaired) electrons. The molecule has 1 amide bonds. The summed E-state index contributed by atoms with van der Waals surface area (Å²) in [6.07, 6.45) is 1.08. The number of rotatable bonds is 8. The van der Waals surface area contributed by atoms with Gasteiger partial charge in [-0.3, -0.25) is 4.79 Å². The van der Waals surface area contributed by atoms with Gasteiger partial charge in [0.15, 0.2) is 0 Å². The predicted molar refractivity (Wildman–Crippen MR) is 108 cm³/mol. The number of para-hydroxylation sites is 2. The van der Waals surface area contributed by atoms with Gasteiger partial charge in [-0.1, -0.05) is 24.3 Å². The molecular weight excluding hydrogens is 338 g/mol. The van der Waals surface area contributed by atoms with E-state index in [0.29, 0.717) is 32.0 Å².